The Morgan fingerprint density at radius 1 is 0.905 bits per heavy atom. The highest BCUT2D eigenvalue weighted by Crippen LogP contribution is 2.07. The average Bonchev–Trinajstić information content (AvgIpc) is 2.51. The van der Waals surface area contributed by atoms with Crippen molar-refractivity contribution < 1.29 is 18.9 Å². The lowest BCUT2D eigenvalue weighted by Gasteiger charge is -2.12. The largest absolute Gasteiger partial charge is 0.475 e. The second-order valence-corrected chi connectivity index (χ2v) is 5.16. The number of allylic oxidation sites excluding steroid dienone is 1. The Bertz CT molecular complexity index is 215. The van der Waals surface area contributed by atoms with Gasteiger partial charge >= 0.3 is 0 Å². The van der Waals surface area contributed by atoms with Gasteiger partial charge in [0, 0.05) is 14.2 Å². The van der Waals surface area contributed by atoms with Crippen molar-refractivity contribution in [3.8, 4) is 0 Å². The summed E-state index contributed by atoms with van der Waals surface area (Å²) in [5.41, 5.74) is 0. The molecule has 0 saturated carbocycles. The molecule has 0 spiro atoms. The van der Waals surface area contributed by atoms with E-state index in [-0.39, 0.29) is 6.29 Å². The molecule has 0 aromatic rings. The van der Waals surface area contributed by atoms with Gasteiger partial charge in [-0.3, -0.25) is 0 Å². The first-order chi connectivity index (χ1) is 10.3. The van der Waals surface area contributed by atoms with Crippen LogP contribution in [0, 0.1) is 0 Å². The molecular weight excluding hydrogens is 268 g/mol. The van der Waals surface area contributed by atoms with Crippen LogP contribution in [0.3, 0.4) is 0 Å². The van der Waals surface area contributed by atoms with Gasteiger partial charge in [0.05, 0.1) is 12.9 Å². The number of methoxy groups -OCH3 is 2. The fourth-order valence-electron chi connectivity index (χ4n) is 2.00. The minimum atomic E-state index is -0.0732. The highest BCUT2D eigenvalue weighted by atomic mass is 16.7. The third kappa shape index (κ3) is 15.6. The van der Waals surface area contributed by atoms with Gasteiger partial charge in [0.15, 0.2) is 13.1 Å². The van der Waals surface area contributed by atoms with Crippen molar-refractivity contribution in [2.75, 3.05) is 27.6 Å². The molecular formula is C17H34O4. The van der Waals surface area contributed by atoms with Gasteiger partial charge in [-0.25, -0.2) is 0 Å². The van der Waals surface area contributed by atoms with Crippen molar-refractivity contribution in [3.63, 3.8) is 0 Å². The molecule has 0 aliphatic heterocycles. The summed E-state index contributed by atoms with van der Waals surface area (Å²) in [5.74, 6) is 0. The van der Waals surface area contributed by atoms with Crippen LogP contribution in [0.25, 0.3) is 0 Å². The maximum atomic E-state index is 5.40. The molecule has 0 heterocycles. The smallest absolute Gasteiger partial charge is 0.188 e. The van der Waals surface area contributed by atoms with Gasteiger partial charge in [-0.05, 0) is 38.2 Å². The van der Waals surface area contributed by atoms with Crippen molar-refractivity contribution in [2.45, 2.75) is 71.0 Å². The maximum absolute atomic E-state index is 5.40. The van der Waals surface area contributed by atoms with Crippen LogP contribution in [-0.2, 0) is 18.9 Å². The van der Waals surface area contributed by atoms with Crippen molar-refractivity contribution >= 4 is 0 Å². The fraction of sp³-hybridized carbons (Fsp3) is 0.882. The zero-order chi connectivity index (χ0) is 15.6. The van der Waals surface area contributed by atoms with E-state index in [0.717, 1.165) is 38.7 Å². The molecule has 0 radical (unpaired) electrons. The summed E-state index contributed by atoms with van der Waals surface area (Å²) in [6, 6.07) is 0. The van der Waals surface area contributed by atoms with Crippen LogP contribution in [-0.4, -0.2) is 33.9 Å². The van der Waals surface area contributed by atoms with Gasteiger partial charge in [0.2, 0.25) is 0 Å². The van der Waals surface area contributed by atoms with E-state index in [1.165, 1.54) is 25.7 Å². The number of unbranched alkanes of at least 4 members (excludes halogenated alkanes) is 6. The fourth-order valence-corrected chi connectivity index (χ4v) is 2.00. The molecule has 0 aliphatic rings. The molecule has 0 aromatic heterocycles. The molecule has 126 valence electrons. The minimum absolute atomic E-state index is 0.0732. The van der Waals surface area contributed by atoms with Crippen molar-refractivity contribution in [3.05, 3.63) is 12.3 Å². The van der Waals surface area contributed by atoms with Crippen molar-refractivity contribution in [2.24, 2.45) is 0 Å². The van der Waals surface area contributed by atoms with Crippen LogP contribution in [0.4, 0.5) is 0 Å². The second kappa shape index (κ2) is 17.5. The first kappa shape index (κ1) is 20.4. The monoisotopic (exact) mass is 302 g/mol. The predicted molar refractivity (Wildman–Crippen MR) is 86.1 cm³/mol. The van der Waals surface area contributed by atoms with Crippen molar-refractivity contribution in [1.82, 2.24) is 0 Å². The number of hydrogen-bond donors (Lipinski definition) is 0. The lowest BCUT2D eigenvalue weighted by atomic mass is 10.2. The molecule has 0 bridgehead atoms. The van der Waals surface area contributed by atoms with Gasteiger partial charge in [0.1, 0.15) is 0 Å². The Kier molecular flexibility index (Phi) is 17.0. The van der Waals surface area contributed by atoms with E-state index in [2.05, 4.69) is 6.92 Å². The van der Waals surface area contributed by atoms with Crippen LogP contribution >= 0.6 is 0 Å². The lowest BCUT2D eigenvalue weighted by Crippen LogP contribution is -2.12. The molecule has 4 heteroatoms. The third-order valence-corrected chi connectivity index (χ3v) is 3.32. The molecule has 0 atom stereocenters. The molecule has 0 amide bonds. The highest BCUT2D eigenvalue weighted by molar-refractivity contribution is 4.72. The number of rotatable bonds is 16. The van der Waals surface area contributed by atoms with E-state index >= 15 is 0 Å². The molecule has 0 unspecified atom stereocenters. The second-order valence-electron chi connectivity index (χ2n) is 5.16. The summed E-state index contributed by atoms with van der Waals surface area (Å²) in [7, 11) is 3.34. The van der Waals surface area contributed by atoms with Crippen LogP contribution in [0.5, 0.6) is 0 Å². The average molecular weight is 302 g/mol. The van der Waals surface area contributed by atoms with Crippen molar-refractivity contribution in [1.29, 1.82) is 0 Å². The zero-order valence-corrected chi connectivity index (χ0v) is 14.1. The summed E-state index contributed by atoms with van der Waals surface area (Å²) >= 11 is 0. The Morgan fingerprint density at radius 2 is 1.67 bits per heavy atom. The van der Waals surface area contributed by atoms with E-state index in [0.29, 0.717) is 6.79 Å². The molecule has 0 rings (SSSR count). The quantitative estimate of drug-likeness (QED) is 0.236. The Morgan fingerprint density at radius 3 is 2.38 bits per heavy atom. The van der Waals surface area contributed by atoms with E-state index < -0.39 is 0 Å². The minimum Gasteiger partial charge on any atom is -0.475 e. The van der Waals surface area contributed by atoms with Gasteiger partial charge in [-0.2, -0.15) is 0 Å². The molecule has 0 saturated heterocycles. The van der Waals surface area contributed by atoms with Gasteiger partial charge in [0.25, 0.3) is 0 Å². The van der Waals surface area contributed by atoms with Crippen LogP contribution in [0.2, 0.25) is 0 Å². The lowest BCUT2D eigenvalue weighted by molar-refractivity contribution is -0.107. The van der Waals surface area contributed by atoms with Gasteiger partial charge in [-0.15, -0.1) is 0 Å². The summed E-state index contributed by atoms with van der Waals surface area (Å²) in [6.45, 7) is 3.39. The molecule has 0 aromatic carbocycles. The first-order valence-electron chi connectivity index (χ1n) is 8.25. The standard InChI is InChI=1S/C17H34O4/c1-4-5-6-8-11-14-20-16-21-15-12-9-7-10-13-17(18-2)19-3/h12,15,17H,4-11,13-14,16H2,1-3H3. The zero-order valence-electron chi connectivity index (χ0n) is 14.1. The molecule has 0 fully saturated rings. The Balaban J connectivity index is 3.15. The van der Waals surface area contributed by atoms with E-state index in [1.54, 1.807) is 20.5 Å². The summed E-state index contributed by atoms with van der Waals surface area (Å²) < 4.78 is 20.9. The first-order valence-corrected chi connectivity index (χ1v) is 8.25. The van der Waals surface area contributed by atoms with Crippen LogP contribution in [0.1, 0.15) is 64.7 Å². The van der Waals surface area contributed by atoms with E-state index in [1.807, 2.05) is 6.08 Å². The number of ether oxygens (including phenoxy) is 4. The van der Waals surface area contributed by atoms with E-state index in [4.69, 9.17) is 18.9 Å². The van der Waals surface area contributed by atoms with Crippen LogP contribution in [0.15, 0.2) is 12.3 Å². The van der Waals surface area contributed by atoms with Gasteiger partial charge in [-0.1, -0.05) is 32.6 Å². The number of hydrogen-bond acceptors (Lipinski definition) is 4. The van der Waals surface area contributed by atoms with Crippen LogP contribution < -0.4 is 0 Å². The SMILES string of the molecule is CCCCCCCOCOC=CCCCCC(OC)OC. The van der Waals surface area contributed by atoms with E-state index in [9.17, 15) is 0 Å². The maximum Gasteiger partial charge on any atom is 0.188 e. The topological polar surface area (TPSA) is 36.9 Å². The van der Waals surface area contributed by atoms with Gasteiger partial charge < -0.3 is 18.9 Å². The Hall–Kier alpha value is -0.580. The molecule has 4 nitrogen and oxygen atoms in total. The molecule has 21 heavy (non-hydrogen) atoms. The predicted octanol–water partition coefficient (Wildman–Crippen LogP) is 4.64. The summed E-state index contributed by atoms with van der Waals surface area (Å²) in [6.07, 6.45) is 14.2. The normalized spacial score (nSPS) is 11.6. The molecule has 0 N–H and O–H groups in total. The summed E-state index contributed by atoms with van der Waals surface area (Å²) in [5, 5.41) is 0. The summed E-state index contributed by atoms with van der Waals surface area (Å²) in [4.78, 5) is 0. The Labute approximate surface area is 130 Å². The third-order valence-electron chi connectivity index (χ3n) is 3.32. The highest BCUT2D eigenvalue weighted by Gasteiger charge is 2.02. The molecule has 0 aliphatic carbocycles.